The van der Waals surface area contributed by atoms with Crippen molar-refractivity contribution in [2.24, 2.45) is 0 Å². The summed E-state index contributed by atoms with van der Waals surface area (Å²) in [5, 5.41) is 5.67. The third kappa shape index (κ3) is 3.04. The fourth-order valence-corrected chi connectivity index (χ4v) is 2.80. The lowest BCUT2D eigenvalue weighted by Crippen LogP contribution is -2.03. The highest BCUT2D eigenvalue weighted by molar-refractivity contribution is 9.10. The van der Waals surface area contributed by atoms with E-state index < -0.39 is 0 Å². The molecule has 0 atom stereocenters. The molecular weight excluding hydrogens is 344 g/mol. The molecule has 0 spiro atoms. The van der Waals surface area contributed by atoms with E-state index in [1.807, 2.05) is 41.2 Å². The Hall–Kier alpha value is -2.14. The molecule has 0 fully saturated rings. The van der Waals surface area contributed by atoms with Crippen molar-refractivity contribution in [3.8, 4) is 0 Å². The minimum atomic E-state index is -0.310. The SMILES string of the molecule is COC(=O)c1ccc(CCn2cc3c(Br)cccc3n2)cc1. The van der Waals surface area contributed by atoms with Gasteiger partial charge < -0.3 is 4.74 Å². The van der Waals surface area contributed by atoms with Crippen LogP contribution in [0.1, 0.15) is 15.9 Å². The van der Waals surface area contributed by atoms with Crippen molar-refractivity contribution >= 4 is 32.8 Å². The summed E-state index contributed by atoms with van der Waals surface area (Å²) in [6.45, 7) is 0.790. The third-order valence-corrected chi connectivity index (χ3v) is 4.24. The molecule has 3 rings (SSSR count). The number of fused-ring (bicyclic) bond motifs is 1. The maximum atomic E-state index is 11.4. The highest BCUT2D eigenvalue weighted by Crippen LogP contribution is 2.22. The number of carbonyl (C=O) groups is 1. The highest BCUT2D eigenvalue weighted by Gasteiger charge is 2.06. The van der Waals surface area contributed by atoms with Crippen molar-refractivity contribution in [3.63, 3.8) is 0 Å². The number of aromatic nitrogens is 2. The van der Waals surface area contributed by atoms with Crippen LogP contribution >= 0.6 is 15.9 Å². The Morgan fingerprint density at radius 3 is 2.68 bits per heavy atom. The van der Waals surface area contributed by atoms with Crippen molar-refractivity contribution in [2.75, 3.05) is 7.11 Å². The number of nitrogens with zero attached hydrogens (tertiary/aromatic N) is 2. The molecule has 0 saturated heterocycles. The molecule has 0 amide bonds. The van der Waals surface area contributed by atoms with Crippen LogP contribution in [-0.4, -0.2) is 22.9 Å². The minimum absolute atomic E-state index is 0.310. The van der Waals surface area contributed by atoms with Crippen LogP contribution in [0, 0.1) is 0 Å². The average molecular weight is 359 g/mol. The monoisotopic (exact) mass is 358 g/mol. The highest BCUT2D eigenvalue weighted by atomic mass is 79.9. The van der Waals surface area contributed by atoms with E-state index in [1.165, 1.54) is 7.11 Å². The van der Waals surface area contributed by atoms with Crippen molar-refractivity contribution in [3.05, 3.63) is 64.3 Å². The summed E-state index contributed by atoms with van der Waals surface area (Å²) in [6, 6.07) is 13.5. The number of aryl methyl sites for hydroxylation is 2. The summed E-state index contributed by atoms with van der Waals surface area (Å²) in [7, 11) is 1.39. The lowest BCUT2D eigenvalue weighted by Gasteiger charge is -2.03. The number of hydrogen-bond acceptors (Lipinski definition) is 3. The molecule has 0 aliphatic rings. The molecule has 0 radical (unpaired) electrons. The number of ether oxygens (including phenoxy) is 1. The molecule has 0 unspecified atom stereocenters. The van der Waals surface area contributed by atoms with Gasteiger partial charge in [-0.3, -0.25) is 4.68 Å². The van der Waals surface area contributed by atoms with Gasteiger partial charge in [0.1, 0.15) is 0 Å². The summed E-state index contributed by atoms with van der Waals surface area (Å²) >= 11 is 3.54. The molecule has 1 heterocycles. The zero-order valence-corrected chi connectivity index (χ0v) is 13.7. The van der Waals surface area contributed by atoms with Crippen LogP contribution in [0.25, 0.3) is 10.9 Å². The first kappa shape index (κ1) is 14.8. The zero-order chi connectivity index (χ0) is 15.5. The molecular formula is C17H15BrN2O2. The Bertz CT molecular complexity index is 809. The molecule has 0 saturated carbocycles. The summed E-state index contributed by atoms with van der Waals surface area (Å²) in [5.74, 6) is -0.310. The Kier molecular flexibility index (Phi) is 4.24. The van der Waals surface area contributed by atoms with Gasteiger partial charge in [-0.2, -0.15) is 5.10 Å². The topological polar surface area (TPSA) is 44.1 Å². The summed E-state index contributed by atoms with van der Waals surface area (Å²) in [5.41, 5.74) is 2.71. The third-order valence-electron chi connectivity index (χ3n) is 3.55. The molecule has 4 nitrogen and oxygen atoms in total. The first-order valence-electron chi connectivity index (χ1n) is 6.96. The quantitative estimate of drug-likeness (QED) is 0.665. The van der Waals surface area contributed by atoms with E-state index in [4.69, 9.17) is 4.74 Å². The average Bonchev–Trinajstić information content (AvgIpc) is 2.97. The number of carbonyl (C=O) groups excluding carboxylic acids is 1. The molecule has 0 N–H and O–H groups in total. The van der Waals surface area contributed by atoms with Crippen LogP contribution in [0.3, 0.4) is 0 Å². The van der Waals surface area contributed by atoms with Crippen molar-refractivity contribution < 1.29 is 9.53 Å². The number of esters is 1. The molecule has 112 valence electrons. The van der Waals surface area contributed by atoms with Gasteiger partial charge in [-0.15, -0.1) is 0 Å². The molecule has 0 aliphatic carbocycles. The fourth-order valence-electron chi connectivity index (χ4n) is 2.34. The second-order valence-electron chi connectivity index (χ2n) is 5.00. The second kappa shape index (κ2) is 6.32. The summed E-state index contributed by atoms with van der Waals surface area (Å²) in [6.07, 6.45) is 2.90. The maximum Gasteiger partial charge on any atom is 0.337 e. The Morgan fingerprint density at radius 1 is 1.23 bits per heavy atom. The van der Waals surface area contributed by atoms with E-state index in [2.05, 4.69) is 21.0 Å². The van der Waals surface area contributed by atoms with Crippen molar-refractivity contribution in [2.45, 2.75) is 13.0 Å². The number of hydrogen-bond donors (Lipinski definition) is 0. The van der Waals surface area contributed by atoms with Crippen LogP contribution < -0.4 is 0 Å². The van der Waals surface area contributed by atoms with E-state index in [0.717, 1.165) is 33.9 Å². The van der Waals surface area contributed by atoms with Crippen LogP contribution in [0.4, 0.5) is 0 Å². The van der Waals surface area contributed by atoms with Gasteiger partial charge in [-0.05, 0) is 36.2 Å². The largest absolute Gasteiger partial charge is 0.465 e. The lowest BCUT2D eigenvalue weighted by molar-refractivity contribution is 0.0600. The number of benzene rings is 2. The second-order valence-corrected chi connectivity index (χ2v) is 5.86. The van der Waals surface area contributed by atoms with E-state index in [-0.39, 0.29) is 5.97 Å². The van der Waals surface area contributed by atoms with Gasteiger partial charge in [0.05, 0.1) is 18.2 Å². The standard InChI is InChI=1S/C17H15BrN2O2/c1-22-17(21)13-7-5-12(6-8-13)9-10-20-11-14-15(18)3-2-4-16(14)19-20/h2-8,11H,9-10H2,1H3. The Balaban J connectivity index is 1.71. The van der Waals surface area contributed by atoms with Gasteiger partial charge in [-0.1, -0.05) is 34.1 Å². The molecule has 0 aliphatic heterocycles. The first-order chi connectivity index (χ1) is 10.7. The normalized spacial score (nSPS) is 10.8. The molecule has 0 bridgehead atoms. The summed E-state index contributed by atoms with van der Waals surface area (Å²) < 4.78 is 7.70. The van der Waals surface area contributed by atoms with Crippen LogP contribution in [0.5, 0.6) is 0 Å². The number of halogens is 1. The van der Waals surface area contributed by atoms with E-state index in [9.17, 15) is 4.79 Å². The molecule has 1 aromatic heterocycles. The zero-order valence-electron chi connectivity index (χ0n) is 12.1. The van der Waals surface area contributed by atoms with Crippen LogP contribution in [0.15, 0.2) is 53.1 Å². The fraction of sp³-hybridized carbons (Fsp3) is 0.176. The number of rotatable bonds is 4. The number of methoxy groups -OCH3 is 1. The van der Waals surface area contributed by atoms with Crippen LogP contribution in [0.2, 0.25) is 0 Å². The van der Waals surface area contributed by atoms with E-state index >= 15 is 0 Å². The van der Waals surface area contributed by atoms with E-state index in [1.54, 1.807) is 12.1 Å². The van der Waals surface area contributed by atoms with Gasteiger partial charge in [0, 0.05) is 22.6 Å². The minimum Gasteiger partial charge on any atom is -0.465 e. The maximum absolute atomic E-state index is 11.4. The van der Waals surface area contributed by atoms with Gasteiger partial charge in [0.15, 0.2) is 0 Å². The molecule has 3 aromatic rings. The molecule has 22 heavy (non-hydrogen) atoms. The predicted molar refractivity (Wildman–Crippen MR) is 88.9 cm³/mol. The smallest absolute Gasteiger partial charge is 0.337 e. The Morgan fingerprint density at radius 2 is 2.00 bits per heavy atom. The van der Waals surface area contributed by atoms with Gasteiger partial charge >= 0.3 is 5.97 Å². The van der Waals surface area contributed by atoms with Gasteiger partial charge in [-0.25, -0.2) is 4.79 Å². The van der Waals surface area contributed by atoms with Crippen molar-refractivity contribution in [1.29, 1.82) is 0 Å². The Labute approximate surface area is 136 Å². The molecule has 5 heteroatoms. The van der Waals surface area contributed by atoms with E-state index in [0.29, 0.717) is 5.56 Å². The van der Waals surface area contributed by atoms with Crippen molar-refractivity contribution in [1.82, 2.24) is 9.78 Å². The predicted octanol–water partition coefficient (Wildman–Crippen LogP) is 3.83. The first-order valence-corrected chi connectivity index (χ1v) is 7.75. The summed E-state index contributed by atoms with van der Waals surface area (Å²) in [4.78, 5) is 11.4. The lowest BCUT2D eigenvalue weighted by atomic mass is 10.1. The van der Waals surface area contributed by atoms with Gasteiger partial charge in [0.25, 0.3) is 0 Å². The van der Waals surface area contributed by atoms with Crippen LogP contribution in [-0.2, 0) is 17.7 Å². The molecule has 2 aromatic carbocycles. The van der Waals surface area contributed by atoms with Gasteiger partial charge in [0.2, 0.25) is 0 Å².